The predicted octanol–water partition coefficient (Wildman–Crippen LogP) is 2.85. The second kappa shape index (κ2) is 7.14. The number of rotatable bonds is 5. The van der Waals surface area contributed by atoms with E-state index < -0.39 is 17.8 Å². The molecule has 1 unspecified atom stereocenters. The molecule has 0 aliphatic rings. The van der Waals surface area contributed by atoms with Crippen molar-refractivity contribution in [2.24, 2.45) is 5.92 Å². The number of hydrogen-bond donors (Lipinski definition) is 3. The van der Waals surface area contributed by atoms with Gasteiger partial charge in [0.2, 0.25) is 0 Å². The summed E-state index contributed by atoms with van der Waals surface area (Å²) in [7, 11) is 0. The topological polar surface area (TPSA) is 61.4 Å². The maximum atomic E-state index is 12.3. The summed E-state index contributed by atoms with van der Waals surface area (Å²) in [6.07, 6.45) is -3.82. The van der Waals surface area contributed by atoms with Crippen molar-refractivity contribution < 1.29 is 23.1 Å². The van der Waals surface area contributed by atoms with Crippen molar-refractivity contribution in [2.45, 2.75) is 19.5 Å². The minimum atomic E-state index is -4.39. The number of aliphatic hydroxyl groups excluding tert-OH is 1. The molecule has 0 fully saturated rings. The van der Waals surface area contributed by atoms with Gasteiger partial charge in [0.1, 0.15) is 0 Å². The van der Waals surface area contributed by atoms with Gasteiger partial charge in [0.15, 0.2) is 0 Å². The molecule has 2 amide bonds. The van der Waals surface area contributed by atoms with E-state index in [1.807, 2.05) is 6.92 Å². The van der Waals surface area contributed by atoms with Gasteiger partial charge in [-0.1, -0.05) is 6.92 Å². The van der Waals surface area contributed by atoms with E-state index >= 15 is 0 Å². The van der Waals surface area contributed by atoms with E-state index in [1.165, 1.54) is 12.1 Å². The van der Waals surface area contributed by atoms with Crippen LogP contribution < -0.4 is 10.6 Å². The van der Waals surface area contributed by atoms with Crippen molar-refractivity contribution in [3.8, 4) is 0 Å². The molecule has 0 radical (unpaired) electrons. The van der Waals surface area contributed by atoms with Crippen molar-refractivity contribution in [1.29, 1.82) is 0 Å². The SMILES string of the molecule is CC(CCO)CNC(=O)Nc1ccc(C(F)(F)F)cc1. The van der Waals surface area contributed by atoms with E-state index in [-0.39, 0.29) is 18.2 Å². The molecule has 0 aliphatic heterocycles. The smallest absolute Gasteiger partial charge is 0.396 e. The Balaban J connectivity index is 2.46. The zero-order valence-corrected chi connectivity index (χ0v) is 11.0. The summed E-state index contributed by atoms with van der Waals surface area (Å²) >= 11 is 0. The first-order chi connectivity index (χ1) is 9.32. The largest absolute Gasteiger partial charge is 0.416 e. The first-order valence-corrected chi connectivity index (χ1v) is 6.16. The predicted molar refractivity (Wildman–Crippen MR) is 69.3 cm³/mol. The fraction of sp³-hybridized carbons (Fsp3) is 0.462. The monoisotopic (exact) mass is 290 g/mol. The molecular formula is C13H17F3N2O2. The van der Waals surface area contributed by atoms with E-state index in [4.69, 9.17) is 5.11 Å². The lowest BCUT2D eigenvalue weighted by atomic mass is 10.1. The van der Waals surface area contributed by atoms with Crippen molar-refractivity contribution in [1.82, 2.24) is 5.32 Å². The highest BCUT2D eigenvalue weighted by Crippen LogP contribution is 2.29. The molecule has 4 nitrogen and oxygen atoms in total. The van der Waals surface area contributed by atoms with Gasteiger partial charge in [0.25, 0.3) is 0 Å². The van der Waals surface area contributed by atoms with Crippen molar-refractivity contribution >= 4 is 11.7 Å². The van der Waals surface area contributed by atoms with Gasteiger partial charge in [-0.25, -0.2) is 4.79 Å². The van der Waals surface area contributed by atoms with Gasteiger partial charge in [-0.05, 0) is 36.6 Å². The first-order valence-electron chi connectivity index (χ1n) is 6.16. The molecule has 0 aliphatic carbocycles. The number of aliphatic hydroxyl groups is 1. The number of anilines is 1. The third-order valence-electron chi connectivity index (χ3n) is 2.70. The Morgan fingerprint density at radius 2 is 1.90 bits per heavy atom. The van der Waals surface area contributed by atoms with Crippen LogP contribution in [0.2, 0.25) is 0 Å². The summed E-state index contributed by atoms with van der Waals surface area (Å²) in [5.74, 6) is 0.123. The van der Waals surface area contributed by atoms with Crippen LogP contribution in [0.15, 0.2) is 24.3 Å². The number of alkyl halides is 3. The summed E-state index contributed by atoms with van der Waals surface area (Å²) in [6, 6.07) is 3.71. The van der Waals surface area contributed by atoms with E-state index in [2.05, 4.69) is 10.6 Å². The zero-order valence-electron chi connectivity index (χ0n) is 11.0. The van der Waals surface area contributed by atoms with Crippen LogP contribution in [0.5, 0.6) is 0 Å². The highest BCUT2D eigenvalue weighted by molar-refractivity contribution is 5.89. The number of urea groups is 1. The fourth-order valence-electron chi connectivity index (χ4n) is 1.51. The third kappa shape index (κ3) is 5.48. The molecule has 3 N–H and O–H groups in total. The average Bonchev–Trinajstić information content (AvgIpc) is 2.36. The van der Waals surface area contributed by atoms with E-state index in [1.54, 1.807) is 0 Å². The zero-order chi connectivity index (χ0) is 15.2. The summed E-state index contributed by atoms with van der Waals surface area (Å²) in [6.45, 7) is 2.30. The van der Waals surface area contributed by atoms with Gasteiger partial charge in [-0.15, -0.1) is 0 Å². The van der Waals surface area contributed by atoms with Gasteiger partial charge < -0.3 is 15.7 Å². The Bertz CT molecular complexity index is 432. The number of hydrogen-bond acceptors (Lipinski definition) is 2. The highest BCUT2D eigenvalue weighted by atomic mass is 19.4. The minimum Gasteiger partial charge on any atom is -0.396 e. The van der Waals surface area contributed by atoms with Crippen LogP contribution in [0.25, 0.3) is 0 Å². The Kier molecular flexibility index (Phi) is 5.82. The second-order valence-electron chi connectivity index (χ2n) is 4.53. The molecule has 0 saturated heterocycles. The van der Waals surface area contributed by atoms with Gasteiger partial charge in [-0.3, -0.25) is 0 Å². The lowest BCUT2D eigenvalue weighted by Crippen LogP contribution is -2.32. The highest BCUT2D eigenvalue weighted by Gasteiger charge is 2.29. The van der Waals surface area contributed by atoms with Crippen LogP contribution in [-0.4, -0.2) is 24.3 Å². The van der Waals surface area contributed by atoms with E-state index in [0.29, 0.717) is 13.0 Å². The number of carbonyl (C=O) groups is 1. The Morgan fingerprint density at radius 3 is 2.40 bits per heavy atom. The number of halogens is 3. The van der Waals surface area contributed by atoms with Crippen LogP contribution in [0, 0.1) is 5.92 Å². The van der Waals surface area contributed by atoms with Gasteiger partial charge >= 0.3 is 12.2 Å². The fourth-order valence-corrected chi connectivity index (χ4v) is 1.51. The quantitative estimate of drug-likeness (QED) is 0.781. The number of carbonyl (C=O) groups excluding carboxylic acids is 1. The van der Waals surface area contributed by atoms with Crippen LogP contribution >= 0.6 is 0 Å². The molecule has 0 spiro atoms. The summed E-state index contributed by atoms with van der Waals surface area (Å²) in [5, 5.41) is 13.7. The van der Waals surface area contributed by atoms with Crippen molar-refractivity contribution in [3.05, 3.63) is 29.8 Å². The summed E-state index contributed by atoms with van der Waals surface area (Å²) in [4.78, 5) is 11.5. The third-order valence-corrected chi connectivity index (χ3v) is 2.70. The Morgan fingerprint density at radius 1 is 1.30 bits per heavy atom. The summed E-state index contributed by atoms with van der Waals surface area (Å²) in [5.41, 5.74) is -0.481. The molecule has 0 saturated carbocycles. The molecule has 7 heteroatoms. The molecule has 112 valence electrons. The van der Waals surface area contributed by atoms with Crippen LogP contribution in [0.4, 0.5) is 23.7 Å². The summed E-state index contributed by atoms with van der Waals surface area (Å²) < 4.78 is 37.0. The van der Waals surface area contributed by atoms with Gasteiger partial charge in [0.05, 0.1) is 5.56 Å². The van der Waals surface area contributed by atoms with E-state index in [0.717, 1.165) is 12.1 Å². The molecule has 20 heavy (non-hydrogen) atoms. The molecule has 0 bridgehead atoms. The second-order valence-corrected chi connectivity index (χ2v) is 4.53. The first kappa shape index (κ1) is 16.3. The molecule has 0 aromatic heterocycles. The normalized spacial score (nSPS) is 12.8. The maximum absolute atomic E-state index is 12.3. The Hall–Kier alpha value is -1.76. The molecule has 0 heterocycles. The number of nitrogens with one attached hydrogen (secondary N) is 2. The van der Waals surface area contributed by atoms with Crippen LogP contribution in [0.3, 0.4) is 0 Å². The minimum absolute atomic E-state index is 0.0450. The lowest BCUT2D eigenvalue weighted by molar-refractivity contribution is -0.137. The van der Waals surface area contributed by atoms with E-state index in [9.17, 15) is 18.0 Å². The molecule has 1 aromatic carbocycles. The van der Waals surface area contributed by atoms with Crippen LogP contribution in [0.1, 0.15) is 18.9 Å². The van der Waals surface area contributed by atoms with Gasteiger partial charge in [-0.2, -0.15) is 13.2 Å². The standard InChI is InChI=1S/C13H17F3N2O2/c1-9(6-7-19)8-17-12(20)18-11-4-2-10(3-5-11)13(14,15)16/h2-5,9,19H,6-8H2,1H3,(H2,17,18,20). The van der Waals surface area contributed by atoms with Crippen molar-refractivity contribution in [3.63, 3.8) is 0 Å². The average molecular weight is 290 g/mol. The molecule has 1 aromatic rings. The molecule has 1 rings (SSSR count). The lowest BCUT2D eigenvalue weighted by Gasteiger charge is -2.12. The van der Waals surface area contributed by atoms with Crippen molar-refractivity contribution in [2.75, 3.05) is 18.5 Å². The molecular weight excluding hydrogens is 273 g/mol. The maximum Gasteiger partial charge on any atom is 0.416 e. The number of amides is 2. The Labute approximate surface area is 115 Å². The van der Waals surface area contributed by atoms with Crippen LogP contribution in [-0.2, 0) is 6.18 Å². The molecule has 1 atom stereocenters. The number of benzene rings is 1. The van der Waals surface area contributed by atoms with Gasteiger partial charge in [0, 0.05) is 18.8 Å².